The highest BCUT2D eigenvalue weighted by Crippen LogP contribution is 2.30. The van der Waals surface area contributed by atoms with E-state index in [4.69, 9.17) is 0 Å². The number of aliphatic carboxylic acids is 1. The molecule has 2 N–H and O–H groups in total. The first-order valence-corrected chi connectivity index (χ1v) is 14.2. The summed E-state index contributed by atoms with van der Waals surface area (Å²) in [6.07, 6.45) is 2.94. The lowest BCUT2D eigenvalue weighted by molar-refractivity contribution is -0.142. The lowest BCUT2D eigenvalue weighted by Gasteiger charge is -2.29. The van der Waals surface area contributed by atoms with Gasteiger partial charge in [-0.05, 0) is 70.5 Å². The zero-order valence-corrected chi connectivity index (χ0v) is 24.1. The van der Waals surface area contributed by atoms with Crippen LogP contribution in [0.1, 0.15) is 39.0 Å². The van der Waals surface area contributed by atoms with E-state index in [0.717, 1.165) is 39.5 Å². The van der Waals surface area contributed by atoms with Crippen LogP contribution in [0.4, 0.5) is 4.39 Å². The molecular formula is C36H33FN2O4. The van der Waals surface area contributed by atoms with E-state index in [1.165, 1.54) is 18.0 Å². The summed E-state index contributed by atoms with van der Waals surface area (Å²) in [4.78, 5) is 40.9. The number of hydrogen-bond acceptors (Lipinski definition) is 3. The summed E-state index contributed by atoms with van der Waals surface area (Å²) in [6, 6.07) is 27.1. The van der Waals surface area contributed by atoms with Gasteiger partial charge >= 0.3 is 5.97 Å². The predicted molar refractivity (Wildman–Crippen MR) is 165 cm³/mol. The molecule has 7 heteroatoms. The Labute approximate surface area is 250 Å². The fraction of sp³-hybridized carbons (Fsp3) is 0.194. The maximum Gasteiger partial charge on any atom is 0.326 e. The maximum absolute atomic E-state index is 14.2. The Morgan fingerprint density at radius 2 is 1.56 bits per heavy atom. The van der Waals surface area contributed by atoms with Gasteiger partial charge < -0.3 is 15.3 Å². The molecule has 0 unspecified atom stereocenters. The van der Waals surface area contributed by atoms with E-state index in [1.54, 1.807) is 13.0 Å². The Kier molecular flexibility index (Phi) is 8.81. The summed E-state index contributed by atoms with van der Waals surface area (Å²) < 4.78 is 14.2. The Morgan fingerprint density at radius 3 is 2.26 bits per heavy atom. The van der Waals surface area contributed by atoms with E-state index in [0.29, 0.717) is 12.0 Å². The Balaban J connectivity index is 1.40. The third-order valence-electron chi connectivity index (χ3n) is 7.84. The third-order valence-corrected chi connectivity index (χ3v) is 7.84. The molecule has 0 saturated heterocycles. The molecular weight excluding hydrogens is 543 g/mol. The van der Waals surface area contributed by atoms with Gasteiger partial charge in [-0.15, -0.1) is 0 Å². The molecule has 2 amide bonds. The van der Waals surface area contributed by atoms with Crippen molar-refractivity contribution in [3.8, 4) is 11.1 Å². The van der Waals surface area contributed by atoms with Gasteiger partial charge in [0.25, 0.3) is 5.91 Å². The number of carboxylic acid groups (broad SMARTS) is 1. The molecule has 0 radical (unpaired) electrons. The number of benzene rings is 4. The van der Waals surface area contributed by atoms with Crippen LogP contribution < -0.4 is 5.32 Å². The van der Waals surface area contributed by atoms with E-state index in [1.807, 2.05) is 84.9 Å². The van der Waals surface area contributed by atoms with Crippen molar-refractivity contribution in [3.63, 3.8) is 0 Å². The fourth-order valence-corrected chi connectivity index (χ4v) is 5.53. The summed E-state index contributed by atoms with van der Waals surface area (Å²) >= 11 is 0. The number of aryl methyl sites for hydroxylation is 1. The van der Waals surface area contributed by atoms with Gasteiger partial charge in [0.15, 0.2) is 0 Å². The van der Waals surface area contributed by atoms with Crippen LogP contribution in [0, 0.1) is 12.7 Å². The Hall–Kier alpha value is -5.04. The summed E-state index contributed by atoms with van der Waals surface area (Å²) in [5.41, 5.74) is 6.47. The number of carboxylic acids is 1. The smallest absolute Gasteiger partial charge is 0.326 e. The van der Waals surface area contributed by atoms with E-state index >= 15 is 0 Å². The fourth-order valence-electron chi connectivity index (χ4n) is 5.53. The second kappa shape index (κ2) is 12.9. The van der Waals surface area contributed by atoms with Gasteiger partial charge in [0.05, 0.1) is 0 Å². The average Bonchev–Trinajstić information content (AvgIpc) is 3.41. The minimum atomic E-state index is -1.20. The maximum atomic E-state index is 14.2. The Bertz CT molecular complexity index is 1660. The van der Waals surface area contributed by atoms with Gasteiger partial charge in [0.2, 0.25) is 5.91 Å². The van der Waals surface area contributed by atoms with E-state index in [9.17, 15) is 23.9 Å². The molecule has 4 aromatic rings. The molecule has 0 aliphatic heterocycles. The van der Waals surface area contributed by atoms with Gasteiger partial charge in [0, 0.05) is 25.5 Å². The topological polar surface area (TPSA) is 86.7 Å². The van der Waals surface area contributed by atoms with Crippen LogP contribution in [0.15, 0.2) is 103 Å². The van der Waals surface area contributed by atoms with Crippen molar-refractivity contribution < 1.29 is 23.9 Å². The lowest BCUT2D eigenvalue weighted by atomic mass is 9.97. The highest BCUT2D eigenvalue weighted by atomic mass is 19.1. The normalized spacial score (nSPS) is 13.4. The van der Waals surface area contributed by atoms with Crippen molar-refractivity contribution in [2.45, 2.75) is 38.3 Å². The van der Waals surface area contributed by atoms with Crippen LogP contribution in [0.2, 0.25) is 0 Å². The van der Waals surface area contributed by atoms with Crippen molar-refractivity contribution in [2.75, 3.05) is 7.05 Å². The molecule has 0 aromatic heterocycles. The van der Waals surface area contributed by atoms with Gasteiger partial charge in [0.1, 0.15) is 17.9 Å². The molecule has 0 fully saturated rings. The highest BCUT2D eigenvalue weighted by Gasteiger charge is 2.32. The SMILES string of the molecule is Cc1cc(F)cc(C(=O)N(C)[C@H](Cc2ccc(-c3ccccc3)cc2)C(=O)N[C@@H](CC2=CCc3ccccc32)C(=O)O)c1. The zero-order chi connectivity index (χ0) is 30.5. The second-order valence-electron chi connectivity index (χ2n) is 10.9. The predicted octanol–water partition coefficient (Wildman–Crippen LogP) is 6.08. The number of carbonyl (C=O) groups is 3. The number of fused-ring (bicyclic) bond motifs is 1. The molecule has 1 aliphatic rings. The first-order chi connectivity index (χ1) is 20.7. The van der Waals surface area contributed by atoms with Gasteiger partial charge in [-0.2, -0.15) is 0 Å². The molecule has 4 aromatic carbocycles. The quantitative estimate of drug-likeness (QED) is 0.240. The summed E-state index contributed by atoms with van der Waals surface area (Å²) in [7, 11) is 1.48. The first-order valence-electron chi connectivity index (χ1n) is 14.2. The van der Waals surface area contributed by atoms with Gasteiger partial charge in [-0.1, -0.05) is 84.9 Å². The van der Waals surface area contributed by atoms with Gasteiger partial charge in [-0.3, -0.25) is 9.59 Å². The standard InChI is InChI=1S/C36H33FN2O4/c1-23-18-29(21-30(37)19-23)35(41)39(2)33(20-24-12-14-26(15-13-24)25-8-4-3-5-9-25)34(40)38-32(36(42)43)22-28-17-16-27-10-6-7-11-31(27)28/h3-15,17-19,21,32-33H,16,20,22H2,1-2H3,(H,38,40)(H,42,43)/t32-,33+/m0/s1. The molecule has 0 bridgehead atoms. The molecule has 218 valence electrons. The summed E-state index contributed by atoms with van der Waals surface area (Å²) in [6.45, 7) is 1.69. The number of halogens is 1. The highest BCUT2D eigenvalue weighted by molar-refractivity contribution is 5.98. The van der Waals surface area contributed by atoms with Gasteiger partial charge in [-0.25, -0.2) is 9.18 Å². The second-order valence-corrected chi connectivity index (χ2v) is 10.9. The van der Waals surface area contributed by atoms with E-state index < -0.39 is 35.7 Å². The summed E-state index contributed by atoms with van der Waals surface area (Å²) in [5, 5.41) is 12.8. The zero-order valence-electron chi connectivity index (χ0n) is 24.1. The largest absolute Gasteiger partial charge is 0.480 e. The molecule has 6 nitrogen and oxygen atoms in total. The first kappa shape index (κ1) is 29.5. The number of rotatable bonds is 10. The van der Waals surface area contributed by atoms with Crippen LogP contribution >= 0.6 is 0 Å². The number of hydrogen-bond donors (Lipinski definition) is 2. The van der Waals surface area contributed by atoms with Crippen LogP contribution in [0.5, 0.6) is 0 Å². The molecule has 0 saturated carbocycles. The molecule has 0 spiro atoms. The number of nitrogens with zero attached hydrogens (tertiary/aromatic N) is 1. The van der Waals surface area contributed by atoms with E-state index in [2.05, 4.69) is 5.32 Å². The summed E-state index contributed by atoms with van der Waals surface area (Å²) in [5.74, 6) is -2.86. The van der Waals surface area contributed by atoms with Crippen molar-refractivity contribution in [1.29, 1.82) is 0 Å². The van der Waals surface area contributed by atoms with Crippen molar-refractivity contribution >= 4 is 23.4 Å². The van der Waals surface area contributed by atoms with Crippen molar-refractivity contribution in [1.82, 2.24) is 10.2 Å². The average molecular weight is 577 g/mol. The number of amides is 2. The molecule has 0 heterocycles. The Morgan fingerprint density at radius 1 is 0.884 bits per heavy atom. The molecule has 5 rings (SSSR count). The number of allylic oxidation sites excluding steroid dienone is 1. The minimum absolute atomic E-state index is 0.108. The van der Waals surface area contributed by atoms with Crippen molar-refractivity contribution in [3.05, 3.63) is 137 Å². The van der Waals surface area contributed by atoms with E-state index in [-0.39, 0.29) is 18.4 Å². The third kappa shape index (κ3) is 6.89. The monoisotopic (exact) mass is 576 g/mol. The lowest BCUT2D eigenvalue weighted by Crippen LogP contribution is -2.53. The molecule has 2 atom stereocenters. The molecule has 1 aliphatic carbocycles. The molecule has 43 heavy (non-hydrogen) atoms. The van der Waals surface area contributed by atoms with Crippen LogP contribution in [0.25, 0.3) is 16.7 Å². The van der Waals surface area contributed by atoms with Crippen LogP contribution in [-0.2, 0) is 22.4 Å². The van der Waals surface area contributed by atoms with Crippen LogP contribution in [-0.4, -0.2) is 46.9 Å². The minimum Gasteiger partial charge on any atom is -0.480 e. The van der Waals surface area contributed by atoms with Crippen molar-refractivity contribution in [2.24, 2.45) is 0 Å². The number of likely N-dealkylation sites (N-methyl/N-ethyl adjacent to an activating group) is 1. The van der Waals surface area contributed by atoms with Crippen LogP contribution in [0.3, 0.4) is 0 Å². The number of nitrogens with one attached hydrogen (secondary N) is 1. The number of carbonyl (C=O) groups excluding carboxylic acids is 2.